The summed E-state index contributed by atoms with van der Waals surface area (Å²) in [5.74, 6) is -1.50. The molecule has 0 spiro atoms. The van der Waals surface area contributed by atoms with E-state index in [1.54, 1.807) is 18.2 Å². The molecule has 1 N–H and O–H groups in total. The van der Waals surface area contributed by atoms with Crippen LogP contribution in [0, 0.1) is 23.7 Å². The molecule has 4 atom stereocenters. The van der Waals surface area contributed by atoms with E-state index in [1.807, 2.05) is 12.2 Å². The number of rotatable bonds is 2. The van der Waals surface area contributed by atoms with Gasteiger partial charge in [0.25, 0.3) is 17.7 Å². The first-order chi connectivity index (χ1) is 10.6. The molecule has 2 aliphatic carbocycles. The van der Waals surface area contributed by atoms with Crippen LogP contribution in [-0.4, -0.2) is 22.7 Å². The second-order valence-corrected chi connectivity index (χ2v) is 6.40. The van der Waals surface area contributed by atoms with Crippen LogP contribution in [0.4, 0.5) is 0 Å². The number of hydrogen-bond acceptors (Lipinski definition) is 3. The Bertz CT molecular complexity index is 700. The summed E-state index contributed by atoms with van der Waals surface area (Å²) >= 11 is 5.85. The number of carbonyl (C=O) groups excluding carboxylic acids is 3. The highest BCUT2D eigenvalue weighted by Crippen LogP contribution is 2.52. The van der Waals surface area contributed by atoms with Crippen LogP contribution in [0.5, 0.6) is 0 Å². The number of amides is 3. The van der Waals surface area contributed by atoms with Crippen molar-refractivity contribution in [2.24, 2.45) is 23.7 Å². The van der Waals surface area contributed by atoms with Gasteiger partial charge in [-0.2, -0.15) is 5.01 Å². The minimum absolute atomic E-state index is 0.125. The Balaban J connectivity index is 1.56. The quantitative estimate of drug-likeness (QED) is 0.668. The second kappa shape index (κ2) is 4.68. The van der Waals surface area contributed by atoms with Crippen molar-refractivity contribution in [2.45, 2.75) is 6.42 Å². The maximum atomic E-state index is 12.5. The van der Waals surface area contributed by atoms with Gasteiger partial charge in [-0.15, -0.1) is 0 Å². The lowest BCUT2D eigenvalue weighted by Crippen LogP contribution is -2.47. The number of nitrogens with one attached hydrogen (secondary N) is 1. The highest BCUT2D eigenvalue weighted by atomic mass is 35.5. The Morgan fingerprint density at radius 2 is 1.77 bits per heavy atom. The summed E-state index contributed by atoms with van der Waals surface area (Å²) in [6.07, 6.45) is 4.89. The summed E-state index contributed by atoms with van der Waals surface area (Å²) in [7, 11) is 0. The highest BCUT2D eigenvalue weighted by molar-refractivity contribution is 6.31. The lowest BCUT2D eigenvalue weighted by Gasteiger charge is -2.18. The van der Waals surface area contributed by atoms with Gasteiger partial charge in [0.2, 0.25) is 0 Å². The number of fused-ring (bicyclic) bond motifs is 5. The molecule has 2 bridgehead atoms. The number of halogens is 1. The molecule has 22 heavy (non-hydrogen) atoms. The van der Waals surface area contributed by atoms with Gasteiger partial charge >= 0.3 is 0 Å². The number of carbonyl (C=O) groups is 3. The Kier molecular flexibility index (Phi) is 2.87. The average Bonchev–Trinajstić information content (AvgIpc) is 3.17. The van der Waals surface area contributed by atoms with E-state index in [0.717, 1.165) is 11.4 Å². The summed E-state index contributed by atoms with van der Waals surface area (Å²) in [6.45, 7) is 0. The lowest BCUT2D eigenvalue weighted by atomic mass is 9.85. The predicted molar refractivity (Wildman–Crippen MR) is 78.5 cm³/mol. The van der Waals surface area contributed by atoms with E-state index in [9.17, 15) is 14.4 Å². The van der Waals surface area contributed by atoms with Crippen molar-refractivity contribution in [3.8, 4) is 0 Å². The van der Waals surface area contributed by atoms with Crippen LogP contribution in [0.1, 0.15) is 16.8 Å². The number of benzene rings is 1. The molecule has 4 rings (SSSR count). The van der Waals surface area contributed by atoms with E-state index in [1.165, 1.54) is 6.07 Å². The zero-order valence-corrected chi connectivity index (χ0v) is 12.3. The number of nitrogens with zero attached hydrogens (tertiary/aromatic N) is 1. The van der Waals surface area contributed by atoms with Gasteiger partial charge in [0.1, 0.15) is 0 Å². The summed E-state index contributed by atoms with van der Waals surface area (Å²) in [6, 6.07) is 6.37. The standard InChI is InChI=1S/C16H13ClN2O3/c17-11-3-1-2-10(7-11)14(20)18-19-15(21)12-8-4-5-9(6-8)13(12)16(19)22/h1-5,7-9,12-13H,6H2,(H,18,20)/t8-,9+,12-,13+. The van der Waals surface area contributed by atoms with Gasteiger partial charge in [-0.1, -0.05) is 29.8 Å². The van der Waals surface area contributed by atoms with Gasteiger partial charge in [-0.05, 0) is 36.5 Å². The molecule has 3 amide bonds. The minimum atomic E-state index is -0.510. The van der Waals surface area contributed by atoms with Crippen molar-refractivity contribution >= 4 is 29.3 Å². The van der Waals surface area contributed by atoms with E-state index < -0.39 is 5.91 Å². The molecular weight excluding hydrogens is 304 g/mol. The average molecular weight is 317 g/mol. The third kappa shape index (κ3) is 1.82. The van der Waals surface area contributed by atoms with Crippen LogP contribution in [0.2, 0.25) is 5.02 Å². The molecule has 1 saturated heterocycles. The van der Waals surface area contributed by atoms with Gasteiger partial charge in [0.15, 0.2) is 0 Å². The normalized spacial score (nSPS) is 31.8. The first kappa shape index (κ1) is 13.5. The zero-order chi connectivity index (χ0) is 15.4. The predicted octanol–water partition coefficient (Wildman–Crippen LogP) is 1.79. The topological polar surface area (TPSA) is 66.5 Å². The molecule has 1 aliphatic heterocycles. The lowest BCUT2D eigenvalue weighted by molar-refractivity contribution is -0.143. The van der Waals surface area contributed by atoms with Crippen molar-refractivity contribution in [3.63, 3.8) is 0 Å². The van der Waals surface area contributed by atoms with Crippen LogP contribution in [-0.2, 0) is 9.59 Å². The Labute approximate surface area is 131 Å². The third-order valence-corrected chi connectivity index (χ3v) is 5.01. The van der Waals surface area contributed by atoms with Crippen LogP contribution < -0.4 is 5.43 Å². The van der Waals surface area contributed by atoms with Gasteiger partial charge < -0.3 is 0 Å². The molecule has 5 nitrogen and oxygen atoms in total. The van der Waals surface area contributed by atoms with E-state index in [-0.39, 0.29) is 35.5 Å². The fraction of sp³-hybridized carbons (Fsp3) is 0.312. The fourth-order valence-electron chi connectivity index (χ4n) is 3.81. The zero-order valence-electron chi connectivity index (χ0n) is 11.5. The SMILES string of the molecule is O=C(NN1C(=O)[C@@H]2[C@H](C1=O)[C@@H]1C=C[C@H]2C1)c1cccc(Cl)c1. The Morgan fingerprint density at radius 3 is 2.36 bits per heavy atom. The summed E-state index contributed by atoms with van der Waals surface area (Å²) in [5, 5.41) is 1.32. The van der Waals surface area contributed by atoms with Crippen molar-refractivity contribution in [1.82, 2.24) is 10.4 Å². The molecule has 3 aliphatic rings. The Hall–Kier alpha value is -2.14. The number of allylic oxidation sites excluding steroid dienone is 2. The van der Waals surface area contributed by atoms with Crippen molar-refractivity contribution in [2.75, 3.05) is 0 Å². The van der Waals surface area contributed by atoms with Gasteiger partial charge in [-0.3, -0.25) is 19.8 Å². The van der Waals surface area contributed by atoms with Gasteiger partial charge in [-0.25, -0.2) is 0 Å². The van der Waals surface area contributed by atoms with Crippen LogP contribution in [0.25, 0.3) is 0 Å². The molecule has 112 valence electrons. The highest BCUT2D eigenvalue weighted by Gasteiger charge is 2.59. The van der Waals surface area contributed by atoms with Gasteiger partial charge in [0.05, 0.1) is 11.8 Å². The van der Waals surface area contributed by atoms with E-state index in [0.29, 0.717) is 10.6 Å². The minimum Gasteiger partial charge on any atom is -0.272 e. The van der Waals surface area contributed by atoms with Crippen molar-refractivity contribution in [3.05, 3.63) is 47.0 Å². The van der Waals surface area contributed by atoms with Gasteiger partial charge in [0, 0.05) is 10.6 Å². The van der Waals surface area contributed by atoms with Crippen molar-refractivity contribution < 1.29 is 14.4 Å². The molecule has 1 aromatic carbocycles. The molecule has 1 aromatic rings. The van der Waals surface area contributed by atoms with E-state index in [4.69, 9.17) is 11.6 Å². The largest absolute Gasteiger partial charge is 0.272 e. The number of imide groups is 1. The molecule has 0 unspecified atom stereocenters. The molecule has 1 saturated carbocycles. The molecule has 2 fully saturated rings. The smallest absolute Gasteiger partial charge is 0.270 e. The molecule has 0 radical (unpaired) electrons. The molecular formula is C16H13ClN2O3. The number of hydrazine groups is 1. The first-order valence-corrected chi connectivity index (χ1v) is 7.57. The third-order valence-electron chi connectivity index (χ3n) is 4.77. The monoisotopic (exact) mass is 316 g/mol. The van der Waals surface area contributed by atoms with Crippen LogP contribution in [0.3, 0.4) is 0 Å². The van der Waals surface area contributed by atoms with Crippen molar-refractivity contribution in [1.29, 1.82) is 0 Å². The van der Waals surface area contributed by atoms with Crippen LogP contribution >= 0.6 is 11.6 Å². The summed E-state index contributed by atoms with van der Waals surface area (Å²) in [5.41, 5.74) is 2.74. The summed E-state index contributed by atoms with van der Waals surface area (Å²) < 4.78 is 0. The first-order valence-electron chi connectivity index (χ1n) is 7.19. The maximum absolute atomic E-state index is 12.5. The van der Waals surface area contributed by atoms with Crippen LogP contribution in [0.15, 0.2) is 36.4 Å². The number of hydrogen-bond donors (Lipinski definition) is 1. The van der Waals surface area contributed by atoms with E-state index in [2.05, 4.69) is 5.43 Å². The fourth-order valence-corrected chi connectivity index (χ4v) is 4.00. The molecule has 0 aromatic heterocycles. The maximum Gasteiger partial charge on any atom is 0.270 e. The Morgan fingerprint density at radius 1 is 1.14 bits per heavy atom. The molecule has 1 heterocycles. The summed E-state index contributed by atoms with van der Waals surface area (Å²) in [4.78, 5) is 37.1. The second-order valence-electron chi connectivity index (χ2n) is 5.96. The van der Waals surface area contributed by atoms with E-state index >= 15 is 0 Å². The molecule has 6 heteroatoms.